The lowest BCUT2D eigenvalue weighted by Gasteiger charge is -2.08. The molecule has 9 heteroatoms. The maximum Gasteiger partial charge on any atom is 0.312 e. The van der Waals surface area contributed by atoms with Gasteiger partial charge in [0, 0.05) is 12.6 Å². The number of ether oxygens (including phenoxy) is 1. The van der Waals surface area contributed by atoms with Gasteiger partial charge in [0.25, 0.3) is 0 Å². The third-order valence-corrected chi connectivity index (χ3v) is 4.21. The van der Waals surface area contributed by atoms with E-state index in [2.05, 4.69) is 4.72 Å². The highest BCUT2D eigenvalue weighted by Crippen LogP contribution is 2.29. The largest absolute Gasteiger partial charge is 0.490 e. The number of nitro benzene ring substituents is 1. The molecule has 1 unspecified atom stereocenters. The second-order valence-electron chi connectivity index (χ2n) is 4.48. The summed E-state index contributed by atoms with van der Waals surface area (Å²) >= 11 is 0. The van der Waals surface area contributed by atoms with Crippen molar-refractivity contribution in [3.8, 4) is 5.75 Å². The first-order valence-electron chi connectivity index (χ1n) is 6.28. The Morgan fingerprint density at radius 1 is 1.48 bits per heavy atom. The number of hydrogen-bond donors (Lipinski definition) is 2. The molecule has 1 aromatic rings. The second kappa shape index (κ2) is 7.34. The van der Waals surface area contributed by atoms with Gasteiger partial charge in [0.1, 0.15) is 0 Å². The molecular weight excluding hydrogens is 300 g/mol. The van der Waals surface area contributed by atoms with E-state index in [9.17, 15) is 18.5 Å². The van der Waals surface area contributed by atoms with E-state index in [1.54, 1.807) is 6.92 Å². The van der Waals surface area contributed by atoms with Crippen LogP contribution in [0, 0.1) is 10.1 Å². The Balaban J connectivity index is 2.88. The van der Waals surface area contributed by atoms with Crippen molar-refractivity contribution in [3.05, 3.63) is 28.3 Å². The van der Waals surface area contributed by atoms with E-state index in [0.29, 0.717) is 12.8 Å². The maximum absolute atomic E-state index is 12.0. The van der Waals surface area contributed by atoms with Gasteiger partial charge in [0.15, 0.2) is 5.75 Å². The van der Waals surface area contributed by atoms with Gasteiger partial charge >= 0.3 is 5.69 Å². The van der Waals surface area contributed by atoms with E-state index >= 15 is 0 Å². The quantitative estimate of drug-likeness (QED) is 0.420. The number of aliphatic hydroxyl groups is 1. The summed E-state index contributed by atoms with van der Waals surface area (Å²) in [6, 6.07) is 3.43. The first-order chi connectivity index (χ1) is 9.77. The molecule has 21 heavy (non-hydrogen) atoms. The Bertz CT molecular complexity index is 600. The van der Waals surface area contributed by atoms with E-state index in [-0.39, 0.29) is 17.2 Å². The number of benzene rings is 1. The number of methoxy groups -OCH3 is 1. The van der Waals surface area contributed by atoms with Gasteiger partial charge in [0.2, 0.25) is 10.0 Å². The fourth-order valence-electron chi connectivity index (χ4n) is 1.67. The average molecular weight is 318 g/mol. The van der Waals surface area contributed by atoms with Crippen LogP contribution in [-0.4, -0.2) is 38.2 Å². The molecule has 1 rings (SSSR count). The molecule has 8 nitrogen and oxygen atoms in total. The van der Waals surface area contributed by atoms with Crippen LogP contribution in [-0.2, 0) is 10.0 Å². The summed E-state index contributed by atoms with van der Waals surface area (Å²) in [7, 11) is -2.56. The van der Waals surface area contributed by atoms with Gasteiger partial charge in [-0.2, -0.15) is 0 Å². The average Bonchev–Trinajstić information content (AvgIpc) is 2.42. The van der Waals surface area contributed by atoms with Gasteiger partial charge in [-0.3, -0.25) is 10.1 Å². The van der Waals surface area contributed by atoms with Crippen LogP contribution in [0.25, 0.3) is 0 Å². The maximum atomic E-state index is 12.0. The van der Waals surface area contributed by atoms with Crippen molar-refractivity contribution in [1.82, 2.24) is 4.72 Å². The molecule has 0 radical (unpaired) electrons. The minimum absolute atomic E-state index is 0.00643. The van der Waals surface area contributed by atoms with E-state index in [1.807, 2.05) is 0 Å². The van der Waals surface area contributed by atoms with Crippen LogP contribution in [0.15, 0.2) is 23.1 Å². The van der Waals surface area contributed by atoms with Gasteiger partial charge in [-0.25, -0.2) is 13.1 Å². The molecule has 1 atom stereocenters. The highest BCUT2D eigenvalue weighted by Gasteiger charge is 2.21. The Morgan fingerprint density at radius 2 is 2.14 bits per heavy atom. The van der Waals surface area contributed by atoms with Crippen molar-refractivity contribution in [3.63, 3.8) is 0 Å². The molecule has 1 aromatic carbocycles. The topological polar surface area (TPSA) is 119 Å². The monoisotopic (exact) mass is 318 g/mol. The van der Waals surface area contributed by atoms with Crippen LogP contribution in [0.3, 0.4) is 0 Å². The first-order valence-corrected chi connectivity index (χ1v) is 7.76. The van der Waals surface area contributed by atoms with Crippen LogP contribution in [0.5, 0.6) is 5.75 Å². The summed E-state index contributed by atoms with van der Waals surface area (Å²) in [6.07, 6.45) is 0.428. The normalized spacial score (nSPS) is 12.9. The van der Waals surface area contributed by atoms with E-state index < -0.39 is 26.7 Å². The van der Waals surface area contributed by atoms with Crippen molar-refractivity contribution in [2.75, 3.05) is 13.7 Å². The van der Waals surface area contributed by atoms with Gasteiger partial charge in [-0.1, -0.05) is 0 Å². The lowest BCUT2D eigenvalue weighted by Crippen LogP contribution is -2.25. The third kappa shape index (κ3) is 4.96. The molecule has 0 amide bonds. The van der Waals surface area contributed by atoms with E-state index in [4.69, 9.17) is 9.84 Å². The predicted octanol–water partition coefficient (Wildman–Crippen LogP) is 1.04. The summed E-state index contributed by atoms with van der Waals surface area (Å²) in [5.74, 6) is -0.00643. The second-order valence-corrected chi connectivity index (χ2v) is 6.25. The molecular formula is C12H18N2O6S. The van der Waals surface area contributed by atoms with Gasteiger partial charge in [-0.15, -0.1) is 0 Å². The summed E-state index contributed by atoms with van der Waals surface area (Å²) in [5.41, 5.74) is -0.413. The number of rotatable bonds is 8. The SMILES string of the molecule is COc1ccc(S(=O)(=O)NCCCC(C)O)cc1[N+](=O)[O-]. The van der Waals surface area contributed by atoms with Gasteiger partial charge in [0.05, 0.1) is 23.0 Å². The molecule has 0 saturated carbocycles. The van der Waals surface area contributed by atoms with Gasteiger partial charge in [-0.05, 0) is 31.9 Å². The number of sulfonamides is 1. The van der Waals surface area contributed by atoms with Crippen LogP contribution < -0.4 is 9.46 Å². The van der Waals surface area contributed by atoms with Crippen molar-refractivity contribution in [2.24, 2.45) is 0 Å². The fraction of sp³-hybridized carbons (Fsp3) is 0.500. The van der Waals surface area contributed by atoms with Crippen LogP contribution in [0.4, 0.5) is 5.69 Å². The molecule has 0 heterocycles. The Labute approximate surface area is 122 Å². The third-order valence-electron chi connectivity index (χ3n) is 2.75. The Kier molecular flexibility index (Phi) is 6.06. The fourth-order valence-corrected chi connectivity index (χ4v) is 2.76. The number of nitrogens with one attached hydrogen (secondary N) is 1. The summed E-state index contributed by atoms with van der Waals surface area (Å²) < 4.78 is 31.2. The Hall–Kier alpha value is -1.71. The summed E-state index contributed by atoms with van der Waals surface area (Å²) in [6.45, 7) is 1.76. The zero-order valence-electron chi connectivity index (χ0n) is 11.8. The van der Waals surface area contributed by atoms with Crippen LogP contribution in [0.2, 0.25) is 0 Å². The van der Waals surface area contributed by atoms with Crippen molar-refractivity contribution >= 4 is 15.7 Å². The van der Waals surface area contributed by atoms with Crippen LogP contribution in [0.1, 0.15) is 19.8 Å². The van der Waals surface area contributed by atoms with Crippen molar-refractivity contribution in [1.29, 1.82) is 0 Å². The summed E-state index contributed by atoms with van der Waals surface area (Å²) in [4.78, 5) is 9.97. The molecule has 0 aliphatic rings. The molecule has 2 N–H and O–H groups in total. The first kappa shape index (κ1) is 17.3. The Morgan fingerprint density at radius 3 is 2.67 bits per heavy atom. The molecule has 118 valence electrons. The predicted molar refractivity (Wildman–Crippen MR) is 75.8 cm³/mol. The van der Waals surface area contributed by atoms with E-state index in [0.717, 1.165) is 6.07 Å². The standard InChI is InChI=1S/C12H18N2O6S/c1-9(15)4-3-7-13-21(18,19)10-5-6-12(20-2)11(8-10)14(16)17/h5-6,8-9,13,15H,3-4,7H2,1-2H3. The minimum atomic E-state index is -3.83. The molecule has 0 spiro atoms. The van der Waals surface area contributed by atoms with Gasteiger partial charge < -0.3 is 9.84 Å². The van der Waals surface area contributed by atoms with Crippen LogP contribution >= 0.6 is 0 Å². The zero-order chi connectivity index (χ0) is 16.0. The lowest BCUT2D eigenvalue weighted by atomic mass is 10.2. The number of hydrogen-bond acceptors (Lipinski definition) is 6. The number of nitrogens with zero attached hydrogens (tertiary/aromatic N) is 1. The molecule has 0 aliphatic heterocycles. The van der Waals surface area contributed by atoms with Crippen molar-refractivity contribution in [2.45, 2.75) is 30.8 Å². The smallest absolute Gasteiger partial charge is 0.312 e. The number of nitro groups is 1. The molecule has 0 bridgehead atoms. The summed E-state index contributed by atoms with van der Waals surface area (Å²) in [5, 5.41) is 20.0. The molecule has 0 aliphatic carbocycles. The zero-order valence-corrected chi connectivity index (χ0v) is 12.6. The molecule has 0 saturated heterocycles. The molecule has 0 aromatic heterocycles. The number of aliphatic hydroxyl groups excluding tert-OH is 1. The highest BCUT2D eigenvalue weighted by molar-refractivity contribution is 7.89. The highest BCUT2D eigenvalue weighted by atomic mass is 32.2. The van der Waals surface area contributed by atoms with Crippen molar-refractivity contribution < 1.29 is 23.2 Å². The minimum Gasteiger partial charge on any atom is -0.490 e. The molecule has 0 fully saturated rings. The van der Waals surface area contributed by atoms with E-state index in [1.165, 1.54) is 19.2 Å². The lowest BCUT2D eigenvalue weighted by molar-refractivity contribution is -0.386.